The number of likely N-dealkylation sites (N-methyl/N-ethyl adjacent to an activating group) is 1. The second-order valence-corrected chi connectivity index (χ2v) is 9.93. The summed E-state index contributed by atoms with van der Waals surface area (Å²) in [6.07, 6.45) is 1.96. The molecule has 0 fully saturated rings. The topological polar surface area (TPSA) is 85.0 Å². The average molecular weight is 494 g/mol. The van der Waals surface area contributed by atoms with Gasteiger partial charge < -0.3 is 15.5 Å². The largest absolute Gasteiger partial charge is 0.355 e. The van der Waals surface area contributed by atoms with Crippen molar-refractivity contribution in [1.82, 2.24) is 15.3 Å². The fourth-order valence-electron chi connectivity index (χ4n) is 4.38. The highest BCUT2D eigenvalue weighted by Gasteiger charge is 2.27. The number of nitrogens with one attached hydrogen (secondary N) is 2. The predicted molar refractivity (Wildman–Crippen MR) is 143 cm³/mol. The second kappa shape index (κ2) is 12.5. The van der Waals surface area contributed by atoms with Gasteiger partial charge in [0.25, 0.3) is 5.91 Å². The van der Waals surface area contributed by atoms with Crippen LogP contribution >= 0.6 is 0 Å². The maximum Gasteiger partial charge on any atom is 0.256 e. The summed E-state index contributed by atoms with van der Waals surface area (Å²) in [6, 6.07) is 13.7. The van der Waals surface area contributed by atoms with E-state index in [9.17, 15) is 14.4 Å². The van der Waals surface area contributed by atoms with Crippen LogP contribution in [0.1, 0.15) is 50.3 Å². The number of aryl methyl sites for hydroxylation is 1. The minimum atomic E-state index is -0.177. The normalized spacial score (nSPS) is 12.8. The summed E-state index contributed by atoms with van der Waals surface area (Å²) < 4.78 is 0. The molecule has 0 saturated heterocycles. The molecule has 0 unspecified atom stereocenters. The van der Waals surface area contributed by atoms with Crippen LogP contribution in [0, 0.1) is 12.8 Å². The van der Waals surface area contributed by atoms with Crippen molar-refractivity contribution in [2.24, 2.45) is 5.92 Å². The number of carbonyl (C=O) groups is 3. The Labute approximate surface area is 214 Å². The highest BCUT2D eigenvalue weighted by molar-refractivity contribution is 5.91. The minimum Gasteiger partial charge on any atom is -0.355 e. The van der Waals surface area contributed by atoms with Crippen molar-refractivity contribution >= 4 is 29.1 Å². The molecule has 1 aliphatic heterocycles. The van der Waals surface area contributed by atoms with E-state index in [-0.39, 0.29) is 30.8 Å². The Morgan fingerprint density at radius 2 is 1.69 bits per heavy atom. The molecule has 0 spiro atoms. The Morgan fingerprint density at radius 1 is 1.03 bits per heavy atom. The number of nitrogens with zero attached hydrogens (tertiary/aromatic N) is 3. The van der Waals surface area contributed by atoms with Crippen LogP contribution < -0.4 is 15.5 Å². The monoisotopic (exact) mass is 493 g/mol. The number of rotatable bonds is 11. The van der Waals surface area contributed by atoms with Crippen molar-refractivity contribution in [2.45, 2.75) is 53.6 Å². The van der Waals surface area contributed by atoms with Crippen molar-refractivity contribution in [2.75, 3.05) is 36.9 Å². The van der Waals surface area contributed by atoms with Crippen molar-refractivity contribution in [3.8, 4) is 0 Å². The van der Waals surface area contributed by atoms with Crippen molar-refractivity contribution in [3.05, 3.63) is 59.2 Å². The fourth-order valence-corrected chi connectivity index (χ4v) is 4.38. The van der Waals surface area contributed by atoms with Crippen LogP contribution in [0.2, 0.25) is 0 Å². The fraction of sp³-hybridized carbons (Fsp3) is 0.464. The molecule has 0 saturated carbocycles. The van der Waals surface area contributed by atoms with Gasteiger partial charge in [-0.15, -0.1) is 0 Å². The van der Waals surface area contributed by atoms with Crippen LogP contribution in [0.15, 0.2) is 42.5 Å². The standard InChI is InChI=1S/C28H39N5O3/c1-20(2)9-8-14-29-27(35)18-32(26-15-25(30-22(4)34)13-12-21(26)3)19-28(36)31(5)33-16-23-10-6-7-11-24(23)17-33/h6-7,10-13,15,20H,8-9,14,16-19H2,1-5H3,(H,29,35)(H,30,34). The van der Waals surface area contributed by atoms with Gasteiger partial charge in [0, 0.05) is 45.0 Å². The number of benzene rings is 2. The molecule has 194 valence electrons. The third kappa shape index (κ3) is 7.55. The van der Waals surface area contributed by atoms with Gasteiger partial charge >= 0.3 is 0 Å². The van der Waals surface area contributed by atoms with Crippen LogP contribution in [0.3, 0.4) is 0 Å². The second-order valence-electron chi connectivity index (χ2n) is 9.93. The number of fused-ring (bicyclic) bond motifs is 1. The van der Waals surface area contributed by atoms with Gasteiger partial charge in [-0.1, -0.05) is 44.2 Å². The molecule has 0 bridgehead atoms. The number of hydrogen-bond donors (Lipinski definition) is 2. The third-order valence-corrected chi connectivity index (χ3v) is 6.42. The number of amides is 3. The van der Waals surface area contributed by atoms with Gasteiger partial charge in [-0.05, 0) is 54.5 Å². The molecule has 8 heteroatoms. The summed E-state index contributed by atoms with van der Waals surface area (Å²) >= 11 is 0. The molecule has 2 N–H and O–H groups in total. The molecule has 36 heavy (non-hydrogen) atoms. The lowest BCUT2D eigenvalue weighted by Crippen LogP contribution is -2.48. The maximum absolute atomic E-state index is 13.4. The lowest BCUT2D eigenvalue weighted by molar-refractivity contribution is -0.145. The number of anilines is 2. The van der Waals surface area contributed by atoms with E-state index in [1.807, 2.05) is 42.3 Å². The highest BCUT2D eigenvalue weighted by Crippen LogP contribution is 2.26. The molecule has 2 aromatic rings. The van der Waals surface area contributed by atoms with Gasteiger partial charge in [-0.2, -0.15) is 0 Å². The summed E-state index contributed by atoms with van der Waals surface area (Å²) in [4.78, 5) is 39.6. The molecule has 3 amide bonds. The molecule has 3 rings (SSSR count). The molecular formula is C28H39N5O3. The van der Waals surface area contributed by atoms with E-state index in [2.05, 4.69) is 36.6 Å². The highest BCUT2D eigenvalue weighted by atomic mass is 16.2. The zero-order valence-corrected chi connectivity index (χ0v) is 22.1. The molecule has 1 aliphatic rings. The van der Waals surface area contributed by atoms with Crippen molar-refractivity contribution < 1.29 is 14.4 Å². The molecule has 8 nitrogen and oxygen atoms in total. The van der Waals surface area contributed by atoms with Crippen LogP contribution in [0.25, 0.3) is 0 Å². The van der Waals surface area contributed by atoms with Gasteiger partial charge in [-0.3, -0.25) is 19.4 Å². The van der Waals surface area contributed by atoms with Gasteiger partial charge in [0.2, 0.25) is 11.8 Å². The summed E-state index contributed by atoms with van der Waals surface area (Å²) in [7, 11) is 1.78. The lowest BCUT2D eigenvalue weighted by atomic mass is 10.1. The van der Waals surface area contributed by atoms with E-state index < -0.39 is 0 Å². The first-order valence-electron chi connectivity index (χ1n) is 12.6. The SMILES string of the molecule is CC(=O)Nc1ccc(C)c(N(CC(=O)NCCCC(C)C)CC(=O)N(C)N2Cc3ccccc3C2)c1. The summed E-state index contributed by atoms with van der Waals surface area (Å²) in [5.41, 5.74) is 4.72. The molecule has 0 radical (unpaired) electrons. The van der Waals surface area contributed by atoms with E-state index in [1.54, 1.807) is 17.0 Å². The van der Waals surface area contributed by atoms with Crippen molar-refractivity contribution in [1.29, 1.82) is 0 Å². The van der Waals surface area contributed by atoms with Gasteiger partial charge in [0.05, 0.1) is 13.1 Å². The molecule has 0 atom stereocenters. The maximum atomic E-state index is 13.4. The molecule has 0 aliphatic carbocycles. The summed E-state index contributed by atoms with van der Waals surface area (Å²) in [5, 5.41) is 9.45. The van der Waals surface area contributed by atoms with Crippen LogP contribution in [0.4, 0.5) is 11.4 Å². The van der Waals surface area contributed by atoms with Crippen LogP contribution in [-0.2, 0) is 27.5 Å². The van der Waals surface area contributed by atoms with E-state index in [1.165, 1.54) is 18.1 Å². The predicted octanol–water partition coefficient (Wildman–Crippen LogP) is 3.70. The van der Waals surface area contributed by atoms with Crippen LogP contribution in [0.5, 0.6) is 0 Å². The Hall–Kier alpha value is -3.39. The molecule has 0 aromatic heterocycles. The Bertz CT molecular complexity index is 1060. The minimum absolute atomic E-state index is 0.0348. The first-order chi connectivity index (χ1) is 17.1. The van der Waals surface area contributed by atoms with Gasteiger partial charge in [-0.25, -0.2) is 5.01 Å². The summed E-state index contributed by atoms with van der Waals surface area (Å²) in [5.74, 6) is 0.165. The number of carbonyl (C=O) groups excluding carboxylic acids is 3. The smallest absolute Gasteiger partial charge is 0.256 e. The number of hydrogen-bond acceptors (Lipinski definition) is 5. The Balaban J connectivity index is 1.74. The Kier molecular flexibility index (Phi) is 9.47. The molecular weight excluding hydrogens is 454 g/mol. The van der Waals surface area contributed by atoms with E-state index in [0.717, 1.165) is 24.1 Å². The molecule has 2 aromatic carbocycles. The quantitative estimate of drug-likeness (QED) is 0.466. The van der Waals surface area contributed by atoms with Gasteiger partial charge in [0.1, 0.15) is 0 Å². The zero-order valence-electron chi connectivity index (χ0n) is 22.1. The lowest BCUT2D eigenvalue weighted by Gasteiger charge is -2.32. The van der Waals surface area contributed by atoms with Gasteiger partial charge in [0.15, 0.2) is 0 Å². The third-order valence-electron chi connectivity index (χ3n) is 6.42. The first-order valence-corrected chi connectivity index (χ1v) is 12.6. The van der Waals surface area contributed by atoms with E-state index in [0.29, 0.717) is 31.2 Å². The summed E-state index contributed by atoms with van der Waals surface area (Å²) in [6.45, 7) is 9.75. The Morgan fingerprint density at radius 3 is 2.31 bits per heavy atom. The zero-order chi connectivity index (χ0) is 26.2. The molecule has 1 heterocycles. The van der Waals surface area contributed by atoms with Crippen molar-refractivity contribution in [3.63, 3.8) is 0 Å². The average Bonchev–Trinajstić information content (AvgIpc) is 3.26. The van der Waals surface area contributed by atoms with E-state index in [4.69, 9.17) is 0 Å². The number of hydrazine groups is 1. The van der Waals surface area contributed by atoms with E-state index >= 15 is 0 Å². The van der Waals surface area contributed by atoms with Crippen LogP contribution in [-0.4, -0.2) is 54.4 Å². The first kappa shape index (κ1) is 27.2.